The van der Waals surface area contributed by atoms with Crippen LogP contribution < -0.4 is 11.1 Å². The first-order valence-corrected chi connectivity index (χ1v) is 6.23. The molecule has 0 saturated heterocycles. The number of benzene rings is 2. The van der Waals surface area contributed by atoms with Crippen molar-refractivity contribution in [2.24, 2.45) is 5.73 Å². The average molecular weight is 313 g/mol. The topological polar surface area (TPSA) is 38.0 Å². The highest BCUT2D eigenvalue weighted by atomic mass is 35.5. The van der Waals surface area contributed by atoms with Crippen molar-refractivity contribution in [1.29, 1.82) is 0 Å². The minimum Gasteiger partial charge on any atom is -0.318 e. The molecule has 1 atom stereocenters. The molecule has 0 spiro atoms. The Bertz CT molecular complexity index is 513. The third-order valence-electron chi connectivity index (χ3n) is 3.32. The second kappa shape index (κ2) is 8.28. The normalized spacial score (nSPS) is 12.8. The molecule has 0 aliphatic rings. The molecule has 20 heavy (non-hydrogen) atoms. The summed E-state index contributed by atoms with van der Waals surface area (Å²) in [6, 6.07) is 18.6. The van der Waals surface area contributed by atoms with Gasteiger partial charge in [-0.25, -0.2) is 0 Å². The Labute approximate surface area is 133 Å². The molecule has 0 aromatic heterocycles. The first-order chi connectivity index (χ1) is 8.66. The Hall–Kier alpha value is -1.06. The first kappa shape index (κ1) is 18.9. The minimum atomic E-state index is -0.464. The number of halogens is 2. The predicted molar refractivity (Wildman–Crippen MR) is 90.8 cm³/mol. The van der Waals surface area contributed by atoms with Gasteiger partial charge in [0.25, 0.3) is 0 Å². The van der Waals surface area contributed by atoms with Crippen LogP contribution in [-0.4, -0.2) is 7.05 Å². The van der Waals surface area contributed by atoms with E-state index in [4.69, 9.17) is 5.73 Å². The van der Waals surface area contributed by atoms with Crippen LogP contribution in [0.15, 0.2) is 54.6 Å². The van der Waals surface area contributed by atoms with Crippen LogP contribution in [-0.2, 0) is 12.1 Å². The zero-order valence-electron chi connectivity index (χ0n) is 11.8. The molecule has 2 rings (SSSR count). The van der Waals surface area contributed by atoms with E-state index in [1.54, 1.807) is 0 Å². The fourth-order valence-electron chi connectivity index (χ4n) is 2.31. The van der Waals surface area contributed by atoms with Crippen molar-refractivity contribution in [2.45, 2.75) is 19.0 Å². The Balaban J connectivity index is 0.00000180. The van der Waals surface area contributed by atoms with Gasteiger partial charge in [0.05, 0.1) is 5.54 Å². The number of hydrogen-bond acceptors (Lipinski definition) is 2. The summed E-state index contributed by atoms with van der Waals surface area (Å²) in [6.45, 7) is 2.90. The lowest BCUT2D eigenvalue weighted by Gasteiger charge is -2.28. The summed E-state index contributed by atoms with van der Waals surface area (Å²) in [4.78, 5) is 0. The molecule has 2 nitrogen and oxygen atoms in total. The molecule has 0 fully saturated rings. The summed E-state index contributed by atoms with van der Waals surface area (Å²) in [5, 5.41) is 3.19. The highest BCUT2D eigenvalue weighted by molar-refractivity contribution is 5.85. The van der Waals surface area contributed by atoms with Crippen molar-refractivity contribution in [2.75, 3.05) is 7.05 Å². The zero-order chi connectivity index (χ0) is 13.0. The zero-order valence-corrected chi connectivity index (χ0v) is 13.4. The van der Waals surface area contributed by atoms with Crippen LogP contribution >= 0.6 is 24.8 Å². The lowest BCUT2D eigenvalue weighted by molar-refractivity contribution is 0.591. The van der Waals surface area contributed by atoms with Crippen LogP contribution in [0.4, 0.5) is 0 Å². The second-order valence-corrected chi connectivity index (χ2v) is 4.76. The molecule has 0 aliphatic carbocycles. The molecule has 2 aromatic carbocycles. The molecule has 0 heterocycles. The molecule has 2 aromatic rings. The molecule has 0 amide bonds. The molecule has 0 bridgehead atoms. The van der Waals surface area contributed by atoms with Gasteiger partial charge in [-0.3, -0.25) is 0 Å². The van der Waals surface area contributed by atoms with Gasteiger partial charge in [-0.15, -0.1) is 24.8 Å². The first-order valence-electron chi connectivity index (χ1n) is 6.23. The van der Waals surface area contributed by atoms with Crippen molar-refractivity contribution in [3.05, 3.63) is 71.3 Å². The van der Waals surface area contributed by atoms with E-state index < -0.39 is 5.54 Å². The fourth-order valence-corrected chi connectivity index (χ4v) is 2.31. The van der Waals surface area contributed by atoms with Gasteiger partial charge in [0.2, 0.25) is 0 Å². The van der Waals surface area contributed by atoms with Gasteiger partial charge in [0.1, 0.15) is 0 Å². The van der Waals surface area contributed by atoms with Gasteiger partial charge in [0, 0.05) is 6.54 Å². The molecule has 4 heteroatoms. The van der Waals surface area contributed by atoms with Crippen molar-refractivity contribution in [3.8, 4) is 0 Å². The summed E-state index contributed by atoms with van der Waals surface area (Å²) in [6.07, 6.45) is 0. The Morgan fingerprint density at radius 2 is 1.50 bits per heavy atom. The highest BCUT2D eigenvalue weighted by Crippen LogP contribution is 2.28. The number of hydrogen-bond donors (Lipinski definition) is 2. The van der Waals surface area contributed by atoms with E-state index in [2.05, 4.69) is 42.6 Å². The second-order valence-electron chi connectivity index (χ2n) is 4.76. The maximum absolute atomic E-state index is 6.56. The van der Waals surface area contributed by atoms with Crippen molar-refractivity contribution in [1.82, 2.24) is 5.32 Å². The van der Waals surface area contributed by atoms with E-state index in [9.17, 15) is 0 Å². The summed E-state index contributed by atoms with van der Waals surface area (Å²) in [7, 11) is 1.95. The average Bonchev–Trinajstić information content (AvgIpc) is 2.41. The fraction of sp³-hybridized carbons (Fsp3) is 0.250. The molecular formula is C16H22Cl2N2. The molecule has 1 unspecified atom stereocenters. The van der Waals surface area contributed by atoms with Crippen LogP contribution in [0.25, 0.3) is 0 Å². The van der Waals surface area contributed by atoms with Gasteiger partial charge in [-0.05, 0) is 30.7 Å². The van der Waals surface area contributed by atoms with Crippen LogP contribution in [0.2, 0.25) is 0 Å². The van der Waals surface area contributed by atoms with Crippen LogP contribution in [0.1, 0.15) is 23.6 Å². The molecule has 0 aliphatic heterocycles. The van der Waals surface area contributed by atoms with Crippen LogP contribution in [0.3, 0.4) is 0 Å². The van der Waals surface area contributed by atoms with E-state index in [1.807, 2.05) is 31.3 Å². The largest absolute Gasteiger partial charge is 0.318 e. The van der Waals surface area contributed by atoms with Crippen LogP contribution in [0, 0.1) is 0 Å². The predicted octanol–water partition coefficient (Wildman–Crippen LogP) is 3.47. The monoisotopic (exact) mass is 312 g/mol. The summed E-state index contributed by atoms with van der Waals surface area (Å²) in [5.41, 5.74) is 9.65. The van der Waals surface area contributed by atoms with Gasteiger partial charge in [0.15, 0.2) is 0 Å². The maximum atomic E-state index is 6.56. The highest BCUT2D eigenvalue weighted by Gasteiger charge is 2.25. The molecule has 110 valence electrons. The number of nitrogens with two attached hydrogens (primary N) is 1. The lowest BCUT2D eigenvalue weighted by Crippen LogP contribution is -2.35. The third-order valence-corrected chi connectivity index (χ3v) is 3.32. The number of nitrogens with one attached hydrogen (secondary N) is 1. The smallest absolute Gasteiger partial charge is 0.0640 e. The van der Waals surface area contributed by atoms with Crippen LogP contribution in [0.5, 0.6) is 0 Å². The van der Waals surface area contributed by atoms with Gasteiger partial charge in [-0.2, -0.15) is 0 Å². The Morgan fingerprint density at radius 1 is 0.950 bits per heavy atom. The van der Waals surface area contributed by atoms with E-state index in [0.717, 1.165) is 12.1 Å². The summed E-state index contributed by atoms with van der Waals surface area (Å²) in [5.74, 6) is 0. The minimum absolute atomic E-state index is 0. The molecule has 0 saturated carbocycles. The summed E-state index contributed by atoms with van der Waals surface area (Å²) >= 11 is 0. The Morgan fingerprint density at radius 3 is 2.10 bits per heavy atom. The van der Waals surface area contributed by atoms with E-state index in [-0.39, 0.29) is 24.8 Å². The summed E-state index contributed by atoms with van der Waals surface area (Å²) < 4.78 is 0. The molecular weight excluding hydrogens is 291 g/mol. The number of rotatable bonds is 4. The van der Waals surface area contributed by atoms with Gasteiger partial charge < -0.3 is 11.1 Å². The third kappa shape index (κ3) is 3.97. The maximum Gasteiger partial charge on any atom is 0.0640 e. The Kier molecular flexibility index (Phi) is 7.84. The van der Waals surface area contributed by atoms with Crippen molar-refractivity contribution < 1.29 is 0 Å². The van der Waals surface area contributed by atoms with Crippen molar-refractivity contribution >= 4 is 24.8 Å². The van der Waals surface area contributed by atoms with Crippen molar-refractivity contribution in [3.63, 3.8) is 0 Å². The quantitative estimate of drug-likeness (QED) is 0.907. The van der Waals surface area contributed by atoms with Gasteiger partial charge >= 0.3 is 0 Å². The van der Waals surface area contributed by atoms with Gasteiger partial charge in [-0.1, -0.05) is 54.6 Å². The molecule has 3 N–H and O–H groups in total. The molecule has 0 radical (unpaired) electrons. The lowest BCUT2D eigenvalue weighted by atomic mass is 9.83. The van der Waals surface area contributed by atoms with E-state index >= 15 is 0 Å². The standard InChI is InChI=1S/C16H20N2.2ClH/c1-16(17,14-9-4-3-5-10-14)15-11-7-6-8-13(15)12-18-2;;/h3-11,18H,12,17H2,1-2H3;2*1H. The van der Waals surface area contributed by atoms with E-state index in [0.29, 0.717) is 0 Å². The van der Waals surface area contributed by atoms with E-state index in [1.165, 1.54) is 11.1 Å². The SMILES string of the molecule is CNCc1ccccc1C(C)(N)c1ccccc1.Cl.Cl.